The molecule has 0 spiro atoms. The summed E-state index contributed by atoms with van der Waals surface area (Å²) in [6, 6.07) is 1.02. The molecule has 1 aliphatic rings. The van der Waals surface area contributed by atoms with Crippen molar-refractivity contribution in [3.05, 3.63) is 18.0 Å². The number of anilines is 1. The largest absolute Gasteiger partial charge is 0.336 e. The molecule has 2 rings (SSSR count). The molecular formula is C13H22N4S. The van der Waals surface area contributed by atoms with Crippen molar-refractivity contribution in [3.8, 4) is 0 Å². The Morgan fingerprint density at radius 1 is 1.44 bits per heavy atom. The van der Waals surface area contributed by atoms with Gasteiger partial charge in [0.25, 0.3) is 0 Å². The average molecular weight is 266 g/mol. The Hall–Kier alpha value is -0.810. The summed E-state index contributed by atoms with van der Waals surface area (Å²) >= 11 is 2.01. The average Bonchev–Trinajstić information content (AvgIpc) is 2.38. The van der Waals surface area contributed by atoms with Crippen molar-refractivity contribution >= 4 is 17.7 Å². The molecule has 0 aliphatic carbocycles. The topological polar surface area (TPSA) is 41.1 Å². The number of aromatic nitrogens is 2. The van der Waals surface area contributed by atoms with Gasteiger partial charge in [0.05, 0.1) is 0 Å². The lowest BCUT2D eigenvalue weighted by Gasteiger charge is -2.32. The van der Waals surface area contributed by atoms with Crippen molar-refractivity contribution < 1.29 is 0 Å². The first kappa shape index (κ1) is 13.6. The molecule has 0 aromatic carbocycles. The summed E-state index contributed by atoms with van der Waals surface area (Å²) in [5.74, 6) is 3.21. The van der Waals surface area contributed by atoms with Gasteiger partial charge in [0, 0.05) is 54.6 Å². The smallest absolute Gasteiger partial charge is 0.225 e. The van der Waals surface area contributed by atoms with Crippen LogP contribution in [0.3, 0.4) is 0 Å². The maximum atomic E-state index is 4.50. The van der Waals surface area contributed by atoms with E-state index in [1.54, 1.807) is 0 Å². The summed E-state index contributed by atoms with van der Waals surface area (Å²) in [5, 5.41) is 3.37. The summed E-state index contributed by atoms with van der Waals surface area (Å²) in [6.45, 7) is 8.41. The molecule has 4 nitrogen and oxygen atoms in total. The van der Waals surface area contributed by atoms with Crippen molar-refractivity contribution in [3.63, 3.8) is 0 Å². The van der Waals surface area contributed by atoms with Gasteiger partial charge in [-0.3, -0.25) is 0 Å². The Bertz CT molecular complexity index is 366. The van der Waals surface area contributed by atoms with Gasteiger partial charge in [0.2, 0.25) is 5.95 Å². The van der Waals surface area contributed by atoms with Crippen molar-refractivity contribution in [2.75, 3.05) is 23.0 Å². The summed E-state index contributed by atoms with van der Waals surface area (Å²) < 4.78 is 0. The van der Waals surface area contributed by atoms with Crippen LogP contribution in [-0.4, -0.2) is 40.1 Å². The number of rotatable bonds is 4. The molecule has 18 heavy (non-hydrogen) atoms. The molecule has 1 unspecified atom stereocenters. The van der Waals surface area contributed by atoms with Gasteiger partial charge >= 0.3 is 0 Å². The van der Waals surface area contributed by atoms with Gasteiger partial charge in [-0.15, -0.1) is 0 Å². The van der Waals surface area contributed by atoms with E-state index in [9.17, 15) is 0 Å². The predicted octanol–water partition coefficient (Wildman–Crippen LogP) is 1.92. The third kappa shape index (κ3) is 3.59. The van der Waals surface area contributed by atoms with E-state index in [4.69, 9.17) is 0 Å². The van der Waals surface area contributed by atoms with Gasteiger partial charge in [-0.25, -0.2) is 9.97 Å². The van der Waals surface area contributed by atoms with Crippen LogP contribution in [-0.2, 0) is 6.54 Å². The molecule has 1 N–H and O–H groups in total. The summed E-state index contributed by atoms with van der Waals surface area (Å²) in [5.41, 5.74) is 1.14. The monoisotopic (exact) mass is 266 g/mol. The second kappa shape index (κ2) is 6.38. The molecular weight excluding hydrogens is 244 g/mol. The van der Waals surface area contributed by atoms with E-state index < -0.39 is 0 Å². The predicted molar refractivity (Wildman–Crippen MR) is 78.1 cm³/mol. The minimum atomic E-state index is 0.490. The molecule has 0 saturated carbocycles. The van der Waals surface area contributed by atoms with Crippen LogP contribution in [0, 0.1) is 0 Å². The van der Waals surface area contributed by atoms with Gasteiger partial charge < -0.3 is 10.2 Å². The third-order valence-electron chi connectivity index (χ3n) is 3.03. The Balaban J connectivity index is 1.98. The fourth-order valence-corrected chi connectivity index (χ4v) is 2.95. The van der Waals surface area contributed by atoms with Crippen LogP contribution in [0.2, 0.25) is 0 Å². The van der Waals surface area contributed by atoms with Crippen LogP contribution in [0.5, 0.6) is 0 Å². The third-order valence-corrected chi connectivity index (χ3v) is 4.22. The van der Waals surface area contributed by atoms with Crippen molar-refractivity contribution in [1.29, 1.82) is 0 Å². The van der Waals surface area contributed by atoms with Crippen LogP contribution in [0.25, 0.3) is 0 Å². The molecule has 0 radical (unpaired) electrons. The SMILES string of the molecule is CC(C)NCc1cnc(N2CCSCC2C)nc1. The van der Waals surface area contributed by atoms with Crippen molar-refractivity contribution in [1.82, 2.24) is 15.3 Å². The molecule has 0 amide bonds. The van der Waals surface area contributed by atoms with E-state index in [2.05, 4.69) is 41.0 Å². The highest BCUT2D eigenvalue weighted by molar-refractivity contribution is 7.99. The van der Waals surface area contributed by atoms with Crippen LogP contribution < -0.4 is 10.2 Å². The zero-order valence-corrected chi connectivity index (χ0v) is 12.2. The molecule has 5 heteroatoms. The summed E-state index contributed by atoms with van der Waals surface area (Å²) in [7, 11) is 0. The molecule has 1 saturated heterocycles. The number of hydrogen-bond acceptors (Lipinski definition) is 5. The Morgan fingerprint density at radius 2 is 2.17 bits per heavy atom. The Labute approximate surface area is 114 Å². The second-order valence-corrected chi connectivity index (χ2v) is 6.19. The minimum absolute atomic E-state index is 0.490. The Morgan fingerprint density at radius 3 is 2.78 bits per heavy atom. The molecule has 0 bridgehead atoms. The number of nitrogens with one attached hydrogen (secondary N) is 1. The number of hydrogen-bond donors (Lipinski definition) is 1. The summed E-state index contributed by atoms with van der Waals surface area (Å²) in [6.07, 6.45) is 3.87. The lowest BCUT2D eigenvalue weighted by atomic mass is 10.3. The van der Waals surface area contributed by atoms with Crippen LogP contribution in [0.4, 0.5) is 5.95 Å². The Kier molecular flexibility index (Phi) is 4.83. The zero-order valence-electron chi connectivity index (χ0n) is 11.4. The highest BCUT2D eigenvalue weighted by Crippen LogP contribution is 2.20. The van der Waals surface area contributed by atoms with Gasteiger partial charge in [-0.1, -0.05) is 13.8 Å². The highest BCUT2D eigenvalue weighted by Gasteiger charge is 2.20. The van der Waals surface area contributed by atoms with E-state index in [0.717, 1.165) is 24.6 Å². The molecule has 1 atom stereocenters. The first-order valence-corrected chi connectivity index (χ1v) is 7.71. The first-order chi connectivity index (χ1) is 8.66. The zero-order chi connectivity index (χ0) is 13.0. The molecule has 2 heterocycles. The van der Waals surface area contributed by atoms with Gasteiger partial charge in [0.1, 0.15) is 0 Å². The molecule has 1 aromatic heterocycles. The van der Waals surface area contributed by atoms with E-state index >= 15 is 0 Å². The highest BCUT2D eigenvalue weighted by atomic mass is 32.2. The second-order valence-electron chi connectivity index (χ2n) is 5.04. The lowest BCUT2D eigenvalue weighted by Crippen LogP contribution is -2.41. The van der Waals surface area contributed by atoms with E-state index in [1.807, 2.05) is 24.2 Å². The molecule has 100 valence electrons. The first-order valence-electron chi connectivity index (χ1n) is 6.55. The minimum Gasteiger partial charge on any atom is -0.336 e. The molecule has 1 fully saturated rings. The maximum Gasteiger partial charge on any atom is 0.225 e. The molecule has 1 aromatic rings. The quantitative estimate of drug-likeness (QED) is 0.901. The van der Waals surface area contributed by atoms with Crippen LogP contribution in [0.1, 0.15) is 26.3 Å². The van der Waals surface area contributed by atoms with Gasteiger partial charge in [-0.2, -0.15) is 11.8 Å². The fraction of sp³-hybridized carbons (Fsp3) is 0.692. The van der Waals surface area contributed by atoms with E-state index in [1.165, 1.54) is 11.5 Å². The number of nitrogens with zero attached hydrogens (tertiary/aromatic N) is 3. The molecule has 1 aliphatic heterocycles. The van der Waals surface area contributed by atoms with E-state index in [-0.39, 0.29) is 0 Å². The standard InChI is InChI=1S/C13H22N4S/c1-10(2)14-6-12-7-15-13(16-8-12)17-4-5-18-9-11(17)3/h7-8,10-11,14H,4-6,9H2,1-3H3. The van der Waals surface area contributed by atoms with Crippen LogP contribution in [0.15, 0.2) is 12.4 Å². The summed E-state index contributed by atoms with van der Waals surface area (Å²) in [4.78, 5) is 11.3. The lowest BCUT2D eigenvalue weighted by molar-refractivity contribution is 0.586. The van der Waals surface area contributed by atoms with E-state index in [0.29, 0.717) is 12.1 Å². The van der Waals surface area contributed by atoms with Crippen molar-refractivity contribution in [2.45, 2.75) is 39.4 Å². The van der Waals surface area contributed by atoms with Gasteiger partial charge in [-0.05, 0) is 6.92 Å². The van der Waals surface area contributed by atoms with Crippen LogP contribution >= 0.6 is 11.8 Å². The maximum absolute atomic E-state index is 4.50. The van der Waals surface area contributed by atoms with Gasteiger partial charge in [0.15, 0.2) is 0 Å². The number of thioether (sulfide) groups is 1. The van der Waals surface area contributed by atoms with Crippen molar-refractivity contribution in [2.24, 2.45) is 0 Å². The fourth-order valence-electron chi connectivity index (χ4n) is 1.93. The normalized spacial score (nSPS) is 20.4.